The Labute approximate surface area is 216 Å². The Morgan fingerprint density at radius 3 is 2.29 bits per heavy atom. The number of carbonyl (C=O) groups is 1. The zero-order valence-corrected chi connectivity index (χ0v) is 22.1. The van der Waals surface area contributed by atoms with Gasteiger partial charge >= 0.3 is 0 Å². The Kier molecular flexibility index (Phi) is 8.70. The van der Waals surface area contributed by atoms with Crippen molar-refractivity contribution in [3.63, 3.8) is 0 Å². The summed E-state index contributed by atoms with van der Waals surface area (Å²) in [4.78, 5) is 12.8. The van der Waals surface area contributed by atoms with Crippen molar-refractivity contribution in [3.8, 4) is 5.75 Å². The number of sulfonamides is 1. The second-order valence-corrected chi connectivity index (χ2v) is 11.5. The lowest BCUT2D eigenvalue weighted by atomic mass is 9.86. The molecule has 0 atom stereocenters. The quantitative estimate of drug-likeness (QED) is 0.358. The number of hydrogen-bond acceptors (Lipinski definition) is 4. The van der Waals surface area contributed by atoms with E-state index in [2.05, 4.69) is 26.1 Å². The third-order valence-corrected chi connectivity index (χ3v) is 7.78. The van der Waals surface area contributed by atoms with Crippen LogP contribution in [0, 0.1) is 0 Å². The van der Waals surface area contributed by atoms with Crippen LogP contribution in [-0.4, -0.2) is 34.0 Å². The molecule has 0 aliphatic carbocycles. The second kappa shape index (κ2) is 11.3. The van der Waals surface area contributed by atoms with E-state index in [1.54, 1.807) is 30.3 Å². The predicted octanol–water partition coefficient (Wildman–Crippen LogP) is 5.68. The minimum absolute atomic E-state index is 0.0333. The molecule has 0 aliphatic rings. The highest BCUT2D eigenvalue weighted by Crippen LogP contribution is 2.35. The van der Waals surface area contributed by atoms with E-state index in [4.69, 9.17) is 27.9 Å². The lowest BCUT2D eigenvalue weighted by Gasteiger charge is -2.25. The van der Waals surface area contributed by atoms with E-state index < -0.39 is 22.5 Å². The zero-order chi connectivity index (χ0) is 25.6. The van der Waals surface area contributed by atoms with Crippen LogP contribution in [0.5, 0.6) is 5.75 Å². The summed E-state index contributed by atoms with van der Waals surface area (Å²) in [5.41, 5.74) is 1.08. The lowest BCUT2D eigenvalue weighted by molar-refractivity contribution is -0.119. The van der Waals surface area contributed by atoms with Gasteiger partial charge in [0.2, 0.25) is 5.91 Å². The molecular formula is C26H28Cl2N2O4S. The van der Waals surface area contributed by atoms with Crippen molar-refractivity contribution < 1.29 is 17.9 Å². The fraction of sp³-hybridized carbons (Fsp3) is 0.269. The van der Waals surface area contributed by atoms with E-state index >= 15 is 0 Å². The highest BCUT2D eigenvalue weighted by Gasteiger charge is 2.29. The van der Waals surface area contributed by atoms with Gasteiger partial charge in [0.15, 0.2) is 0 Å². The zero-order valence-electron chi connectivity index (χ0n) is 19.8. The molecule has 0 unspecified atom stereocenters. The van der Waals surface area contributed by atoms with Crippen LogP contribution in [0.3, 0.4) is 0 Å². The molecule has 3 aromatic carbocycles. The molecule has 0 heterocycles. The van der Waals surface area contributed by atoms with E-state index in [-0.39, 0.29) is 39.2 Å². The van der Waals surface area contributed by atoms with Gasteiger partial charge in [0.1, 0.15) is 18.9 Å². The normalized spacial score (nSPS) is 11.7. The number of nitrogens with zero attached hydrogens (tertiary/aromatic N) is 1. The number of ether oxygens (including phenoxy) is 1. The summed E-state index contributed by atoms with van der Waals surface area (Å²) >= 11 is 12.4. The molecule has 6 nitrogen and oxygen atoms in total. The molecule has 3 rings (SSSR count). The maximum absolute atomic E-state index is 13.4. The summed E-state index contributed by atoms with van der Waals surface area (Å²) in [6.07, 6.45) is 0. The van der Waals surface area contributed by atoms with Crippen LogP contribution >= 0.6 is 23.2 Å². The minimum atomic E-state index is -4.09. The van der Waals surface area contributed by atoms with Crippen LogP contribution in [0.25, 0.3) is 0 Å². The standard InChI is InChI=1S/C26H28Cl2N2O4S/c1-26(2,3)20-12-7-8-15-23(20)34-17-16-29-24(31)18-30(22-14-9-13-21(27)25(22)28)35(32,33)19-10-5-4-6-11-19/h4-15H,16-18H2,1-3H3,(H,29,31). The molecule has 0 radical (unpaired) electrons. The van der Waals surface area contributed by atoms with E-state index in [1.807, 2.05) is 24.3 Å². The first-order chi connectivity index (χ1) is 16.5. The molecule has 1 N–H and O–H groups in total. The van der Waals surface area contributed by atoms with Crippen molar-refractivity contribution in [2.75, 3.05) is 24.0 Å². The number of amides is 1. The predicted molar refractivity (Wildman–Crippen MR) is 141 cm³/mol. The number of anilines is 1. The molecule has 0 bridgehead atoms. The molecule has 0 saturated carbocycles. The third kappa shape index (κ3) is 6.69. The molecule has 0 fully saturated rings. The van der Waals surface area contributed by atoms with Crippen molar-refractivity contribution in [2.45, 2.75) is 31.1 Å². The SMILES string of the molecule is CC(C)(C)c1ccccc1OCCNC(=O)CN(c1cccc(Cl)c1Cl)S(=O)(=O)c1ccccc1. The van der Waals surface area contributed by atoms with Crippen LogP contribution in [0.4, 0.5) is 5.69 Å². The van der Waals surface area contributed by atoms with Crippen LogP contribution in [0.2, 0.25) is 10.0 Å². The highest BCUT2D eigenvalue weighted by atomic mass is 35.5. The highest BCUT2D eigenvalue weighted by molar-refractivity contribution is 7.92. The Morgan fingerprint density at radius 2 is 1.60 bits per heavy atom. The average molecular weight is 535 g/mol. The van der Waals surface area contributed by atoms with Gasteiger partial charge in [-0.15, -0.1) is 0 Å². The molecule has 0 aromatic heterocycles. The Morgan fingerprint density at radius 1 is 0.943 bits per heavy atom. The van der Waals surface area contributed by atoms with Crippen molar-refractivity contribution >= 4 is 44.8 Å². The monoisotopic (exact) mass is 534 g/mol. The van der Waals surface area contributed by atoms with Gasteiger partial charge < -0.3 is 10.1 Å². The fourth-order valence-corrected chi connectivity index (χ4v) is 5.36. The van der Waals surface area contributed by atoms with E-state index in [9.17, 15) is 13.2 Å². The van der Waals surface area contributed by atoms with Crippen molar-refractivity contribution in [1.82, 2.24) is 5.32 Å². The van der Waals surface area contributed by atoms with Gasteiger partial charge in [-0.1, -0.05) is 86.4 Å². The molecule has 1 amide bonds. The first kappa shape index (κ1) is 26.9. The summed E-state index contributed by atoms with van der Waals surface area (Å²) in [6, 6.07) is 20.2. The largest absolute Gasteiger partial charge is 0.491 e. The summed E-state index contributed by atoms with van der Waals surface area (Å²) in [5, 5.41) is 2.95. The van der Waals surface area contributed by atoms with Gasteiger partial charge in [-0.25, -0.2) is 8.42 Å². The number of rotatable bonds is 9. The van der Waals surface area contributed by atoms with Gasteiger partial charge in [-0.05, 0) is 41.3 Å². The molecule has 35 heavy (non-hydrogen) atoms. The van der Waals surface area contributed by atoms with Crippen LogP contribution < -0.4 is 14.4 Å². The summed E-state index contributed by atoms with van der Waals surface area (Å²) < 4.78 is 33.6. The number of para-hydroxylation sites is 1. The topological polar surface area (TPSA) is 75.7 Å². The Balaban J connectivity index is 1.73. The van der Waals surface area contributed by atoms with Crippen LogP contribution in [0.15, 0.2) is 77.7 Å². The van der Waals surface area contributed by atoms with Gasteiger partial charge in [-0.2, -0.15) is 0 Å². The van der Waals surface area contributed by atoms with E-state index in [0.29, 0.717) is 0 Å². The number of nitrogens with one attached hydrogen (secondary N) is 1. The minimum Gasteiger partial charge on any atom is -0.491 e. The third-order valence-electron chi connectivity index (χ3n) is 5.20. The van der Waals surface area contributed by atoms with Gasteiger partial charge in [-0.3, -0.25) is 9.10 Å². The first-order valence-electron chi connectivity index (χ1n) is 11.0. The summed E-state index contributed by atoms with van der Waals surface area (Å²) in [7, 11) is -4.09. The molecule has 0 spiro atoms. The fourth-order valence-electron chi connectivity index (χ4n) is 3.45. The molecular weight excluding hydrogens is 507 g/mol. The van der Waals surface area contributed by atoms with Crippen molar-refractivity contribution in [2.24, 2.45) is 0 Å². The number of benzene rings is 3. The molecule has 186 valence electrons. The molecule has 0 aliphatic heterocycles. The lowest BCUT2D eigenvalue weighted by Crippen LogP contribution is -2.42. The number of hydrogen-bond donors (Lipinski definition) is 1. The Bertz CT molecular complexity index is 1280. The molecule has 3 aromatic rings. The maximum atomic E-state index is 13.4. The maximum Gasteiger partial charge on any atom is 0.264 e. The number of halogens is 2. The summed E-state index contributed by atoms with van der Waals surface area (Å²) in [6.45, 7) is 6.23. The van der Waals surface area contributed by atoms with Gasteiger partial charge in [0, 0.05) is 0 Å². The van der Waals surface area contributed by atoms with Crippen LogP contribution in [0.1, 0.15) is 26.3 Å². The molecule has 9 heteroatoms. The van der Waals surface area contributed by atoms with Crippen LogP contribution in [-0.2, 0) is 20.2 Å². The van der Waals surface area contributed by atoms with E-state index in [1.165, 1.54) is 18.2 Å². The second-order valence-electron chi connectivity index (χ2n) is 8.84. The van der Waals surface area contributed by atoms with Gasteiger partial charge in [0.25, 0.3) is 10.0 Å². The van der Waals surface area contributed by atoms with Gasteiger partial charge in [0.05, 0.1) is 27.2 Å². The van der Waals surface area contributed by atoms with Crippen molar-refractivity contribution in [1.29, 1.82) is 0 Å². The molecule has 0 saturated heterocycles. The Hall–Kier alpha value is -2.74. The smallest absolute Gasteiger partial charge is 0.264 e. The first-order valence-corrected chi connectivity index (χ1v) is 13.2. The van der Waals surface area contributed by atoms with Crippen molar-refractivity contribution in [3.05, 3.63) is 88.4 Å². The number of carbonyl (C=O) groups excluding carboxylic acids is 1. The average Bonchev–Trinajstić information content (AvgIpc) is 2.82. The van der Waals surface area contributed by atoms with E-state index in [0.717, 1.165) is 15.6 Å². The summed E-state index contributed by atoms with van der Waals surface area (Å²) in [5.74, 6) is 0.237.